The maximum atomic E-state index is 13.1. The van der Waals surface area contributed by atoms with Crippen molar-refractivity contribution in [3.8, 4) is 0 Å². The number of nitrogens with zero attached hydrogens (tertiary/aromatic N) is 2. The number of rotatable bonds is 7. The molecule has 2 fully saturated rings. The van der Waals surface area contributed by atoms with Gasteiger partial charge < -0.3 is 9.88 Å². The zero-order valence-corrected chi connectivity index (χ0v) is 20.6. The van der Waals surface area contributed by atoms with Crippen molar-refractivity contribution in [3.05, 3.63) is 76.3 Å². The van der Waals surface area contributed by atoms with Gasteiger partial charge in [-0.2, -0.15) is 0 Å². The Hall–Kier alpha value is -3.32. The minimum absolute atomic E-state index is 0.00874. The molecule has 1 saturated heterocycles. The van der Waals surface area contributed by atoms with Crippen LogP contribution in [0.5, 0.6) is 0 Å². The van der Waals surface area contributed by atoms with Gasteiger partial charge in [-0.3, -0.25) is 19.3 Å². The molecule has 35 heavy (non-hydrogen) atoms. The van der Waals surface area contributed by atoms with Crippen molar-refractivity contribution in [2.24, 2.45) is 0 Å². The van der Waals surface area contributed by atoms with Crippen molar-refractivity contribution in [1.82, 2.24) is 14.8 Å². The molecule has 3 amide bonds. The Kier molecular flexibility index (Phi) is 6.77. The molecule has 3 aromatic rings. The number of carbonyl (C=O) groups is 3. The number of nitrogens with one attached hydrogen (secondary N) is 1. The summed E-state index contributed by atoms with van der Waals surface area (Å²) in [7, 11) is 0. The largest absolute Gasteiger partial charge is 0.352 e. The lowest BCUT2D eigenvalue weighted by Gasteiger charge is -2.13. The minimum Gasteiger partial charge on any atom is -0.352 e. The second-order valence-electron chi connectivity index (χ2n) is 9.18. The highest BCUT2D eigenvalue weighted by Gasteiger charge is 2.35. The van der Waals surface area contributed by atoms with Crippen LogP contribution in [0.1, 0.15) is 49.3 Å². The smallest absolute Gasteiger partial charge is 0.293 e. The van der Waals surface area contributed by atoms with Gasteiger partial charge in [0.2, 0.25) is 5.91 Å². The Balaban J connectivity index is 1.44. The second-order valence-corrected chi connectivity index (χ2v) is 10.2. The van der Waals surface area contributed by atoms with E-state index in [9.17, 15) is 14.4 Å². The van der Waals surface area contributed by atoms with Crippen LogP contribution in [0.15, 0.2) is 59.6 Å². The molecule has 180 valence electrons. The molecule has 1 N–H and O–H groups in total. The molecule has 1 aliphatic heterocycles. The fourth-order valence-corrected chi connectivity index (χ4v) is 5.86. The standard InChI is InChI=1S/C28H29N3O3S/c1-2-20-11-8-14-23-21(17-30(26(20)23)18-25(32)29-22-12-6-7-13-22)15-24-27(33)31(28(34)35-24)16-19-9-4-3-5-10-19/h3-5,8-11,14-15,17,22H,2,6-7,12-13,16,18H2,1H3,(H,29,32)/b24-15-. The lowest BCUT2D eigenvalue weighted by molar-refractivity contribution is -0.123. The van der Waals surface area contributed by atoms with Crippen molar-refractivity contribution in [2.45, 2.75) is 58.2 Å². The number of aryl methyl sites for hydroxylation is 1. The molecule has 1 aromatic heterocycles. The molecule has 0 atom stereocenters. The van der Waals surface area contributed by atoms with Gasteiger partial charge in [-0.1, -0.05) is 68.3 Å². The summed E-state index contributed by atoms with van der Waals surface area (Å²) in [6, 6.07) is 15.9. The number of para-hydroxylation sites is 1. The van der Waals surface area contributed by atoms with Gasteiger partial charge in [0.05, 0.1) is 17.0 Å². The van der Waals surface area contributed by atoms with Gasteiger partial charge in [-0.05, 0) is 48.2 Å². The Morgan fingerprint density at radius 2 is 1.86 bits per heavy atom. The van der Waals surface area contributed by atoms with Crippen LogP contribution in [-0.2, 0) is 29.1 Å². The van der Waals surface area contributed by atoms with Crippen molar-refractivity contribution in [1.29, 1.82) is 0 Å². The molecule has 0 unspecified atom stereocenters. The van der Waals surface area contributed by atoms with E-state index in [1.807, 2.05) is 53.2 Å². The number of aromatic nitrogens is 1. The third kappa shape index (κ3) is 4.91. The molecule has 5 rings (SSSR count). The van der Waals surface area contributed by atoms with E-state index in [-0.39, 0.29) is 36.2 Å². The molecular weight excluding hydrogens is 458 g/mol. The average Bonchev–Trinajstić information content (AvgIpc) is 3.56. The molecule has 2 aliphatic rings. The number of fused-ring (bicyclic) bond motifs is 1. The summed E-state index contributed by atoms with van der Waals surface area (Å²) in [5, 5.41) is 3.88. The van der Waals surface area contributed by atoms with Gasteiger partial charge in [0.15, 0.2) is 0 Å². The van der Waals surface area contributed by atoms with E-state index in [1.54, 1.807) is 6.08 Å². The predicted molar refractivity (Wildman–Crippen MR) is 140 cm³/mol. The van der Waals surface area contributed by atoms with E-state index < -0.39 is 0 Å². The van der Waals surface area contributed by atoms with Crippen LogP contribution in [0, 0.1) is 0 Å². The minimum atomic E-state index is -0.282. The second kappa shape index (κ2) is 10.1. The number of amides is 3. The van der Waals surface area contributed by atoms with E-state index in [2.05, 4.69) is 18.3 Å². The number of benzene rings is 2. The quantitative estimate of drug-likeness (QED) is 0.447. The lowest BCUT2D eigenvalue weighted by Crippen LogP contribution is -2.35. The molecule has 0 radical (unpaired) electrons. The van der Waals surface area contributed by atoms with E-state index in [1.165, 1.54) is 17.7 Å². The van der Waals surface area contributed by atoms with E-state index >= 15 is 0 Å². The molecule has 7 heteroatoms. The summed E-state index contributed by atoms with van der Waals surface area (Å²) in [6.45, 7) is 2.58. The van der Waals surface area contributed by atoms with Gasteiger partial charge in [-0.15, -0.1) is 0 Å². The number of hydrogen-bond donors (Lipinski definition) is 1. The van der Waals surface area contributed by atoms with Crippen LogP contribution in [-0.4, -0.2) is 32.6 Å². The Morgan fingerprint density at radius 3 is 2.60 bits per heavy atom. The highest BCUT2D eigenvalue weighted by atomic mass is 32.2. The summed E-state index contributed by atoms with van der Waals surface area (Å²) in [5.74, 6) is -0.273. The first-order valence-electron chi connectivity index (χ1n) is 12.2. The van der Waals surface area contributed by atoms with Crippen molar-refractivity contribution >= 4 is 45.8 Å². The van der Waals surface area contributed by atoms with Crippen molar-refractivity contribution in [2.75, 3.05) is 0 Å². The number of thioether (sulfide) groups is 1. The first-order valence-corrected chi connectivity index (χ1v) is 13.0. The molecule has 0 spiro atoms. The normalized spacial score (nSPS) is 17.7. The van der Waals surface area contributed by atoms with Crippen LogP contribution >= 0.6 is 11.8 Å². The SMILES string of the molecule is CCc1cccc2c(/C=C3\SC(=O)N(Cc4ccccc4)C3=O)cn(CC(=O)NC3CCCC3)c12. The molecule has 2 aromatic carbocycles. The van der Waals surface area contributed by atoms with Crippen LogP contribution in [0.25, 0.3) is 17.0 Å². The molecule has 6 nitrogen and oxygen atoms in total. The fourth-order valence-electron chi connectivity index (χ4n) is 5.03. The maximum Gasteiger partial charge on any atom is 0.293 e. The fraction of sp³-hybridized carbons (Fsp3) is 0.321. The summed E-state index contributed by atoms with van der Waals surface area (Å²) in [5.41, 5.74) is 3.90. The highest BCUT2D eigenvalue weighted by Crippen LogP contribution is 2.35. The molecular formula is C28H29N3O3S. The number of carbonyl (C=O) groups excluding carboxylic acids is 3. The Labute approximate surface area is 209 Å². The van der Waals surface area contributed by atoms with Gasteiger partial charge >= 0.3 is 0 Å². The van der Waals surface area contributed by atoms with E-state index in [0.29, 0.717) is 4.91 Å². The van der Waals surface area contributed by atoms with Crippen molar-refractivity contribution < 1.29 is 14.4 Å². The van der Waals surface area contributed by atoms with Crippen LogP contribution < -0.4 is 5.32 Å². The monoisotopic (exact) mass is 487 g/mol. The topological polar surface area (TPSA) is 71.4 Å². The van der Waals surface area contributed by atoms with Crippen LogP contribution in [0.3, 0.4) is 0 Å². The third-order valence-electron chi connectivity index (χ3n) is 6.77. The van der Waals surface area contributed by atoms with E-state index in [0.717, 1.165) is 58.6 Å². The number of hydrogen-bond acceptors (Lipinski definition) is 4. The third-order valence-corrected chi connectivity index (χ3v) is 7.68. The summed E-state index contributed by atoms with van der Waals surface area (Å²) in [6.07, 6.45) is 8.98. The first kappa shape index (κ1) is 23.4. The zero-order chi connectivity index (χ0) is 24.4. The van der Waals surface area contributed by atoms with Gasteiger partial charge in [0.25, 0.3) is 11.1 Å². The van der Waals surface area contributed by atoms with Gasteiger partial charge in [-0.25, -0.2) is 0 Å². The number of imide groups is 1. The summed E-state index contributed by atoms with van der Waals surface area (Å²) in [4.78, 5) is 40.3. The molecule has 0 bridgehead atoms. The summed E-state index contributed by atoms with van der Waals surface area (Å²) >= 11 is 0.969. The molecule has 1 saturated carbocycles. The molecule has 1 aliphatic carbocycles. The summed E-state index contributed by atoms with van der Waals surface area (Å²) < 4.78 is 1.98. The highest BCUT2D eigenvalue weighted by molar-refractivity contribution is 8.18. The van der Waals surface area contributed by atoms with Crippen LogP contribution in [0.2, 0.25) is 0 Å². The maximum absolute atomic E-state index is 13.1. The Bertz CT molecular complexity index is 1310. The van der Waals surface area contributed by atoms with Gasteiger partial charge in [0.1, 0.15) is 6.54 Å². The first-order chi connectivity index (χ1) is 17.0. The van der Waals surface area contributed by atoms with E-state index in [4.69, 9.17) is 0 Å². The molecule has 2 heterocycles. The lowest BCUT2D eigenvalue weighted by atomic mass is 10.1. The zero-order valence-electron chi connectivity index (χ0n) is 19.8. The van der Waals surface area contributed by atoms with Gasteiger partial charge in [0, 0.05) is 23.2 Å². The Morgan fingerprint density at radius 1 is 1.09 bits per heavy atom. The predicted octanol–water partition coefficient (Wildman–Crippen LogP) is 5.50. The average molecular weight is 488 g/mol. The van der Waals surface area contributed by atoms with Crippen LogP contribution in [0.4, 0.5) is 4.79 Å². The van der Waals surface area contributed by atoms with Crippen molar-refractivity contribution in [3.63, 3.8) is 0 Å².